The zero-order valence-corrected chi connectivity index (χ0v) is 11.8. The second kappa shape index (κ2) is 4.80. The lowest BCUT2D eigenvalue weighted by Gasteiger charge is -2.24. The van der Waals surface area contributed by atoms with Gasteiger partial charge in [0.15, 0.2) is 0 Å². The summed E-state index contributed by atoms with van der Waals surface area (Å²) in [5.74, 6) is 0.860. The summed E-state index contributed by atoms with van der Waals surface area (Å²) in [5, 5.41) is 4.46. The molecule has 3 heteroatoms. The first-order valence-electron chi connectivity index (χ1n) is 6.10. The van der Waals surface area contributed by atoms with Crippen LogP contribution in [0.3, 0.4) is 0 Å². The van der Waals surface area contributed by atoms with E-state index in [0.717, 1.165) is 12.5 Å². The molecule has 1 aromatic heterocycles. The fourth-order valence-corrected chi connectivity index (χ4v) is 2.76. The third-order valence-corrected chi connectivity index (χ3v) is 4.13. The second-order valence-corrected chi connectivity index (χ2v) is 6.00. The summed E-state index contributed by atoms with van der Waals surface area (Å²) in [4.78, 5) is 0. The fraction of sp³-hybridized carbons (Fsp3) is 0.357. The average Bonchev–Trinajstić information content (AvgIpc) is 2.72. The van der Waals surface area contributed by atoms with Crippen molar-refractivity contribution < 1.29 is 0 Å². The summed E-state index contributed by atoms with van der Waals surface area (Å²) in [7, 11) is 0. The summed E-state index contributed by atoms with van der Waals surface area (Å²) in [6.45, 7) is 1.09. The van der Waals surface area contributed by atoms with E-state index in [4.69, 9.17) is 0 Å². The SMILES string of the molecule is Ic1cccc(-c2cnn(CC3CCC3)c2)c1. The van der Waals surface area contributed by atoms with E-state index in [1.54, 1.807) is 0 Å². The van der Waals surface area contributed by atoms with Gasteiger partial charge in [0.25, 0.3) is 0 Å². The molecule has 1 fully saturated rings. The molecule has 0 spiro atoms. The molecular weight excluding hydrogens is 323 g/mol. The highest BCUT2D eigenvalue weighted by atomic mass is 127. The summed E-state index contributed by atoms with van der Waals surface area (Å²) in [5.41, 5.74) is 2.49. The van der Waals surface area contributed by atoms with Gasteiger partial charge in [0.2, 0.25) is 0 Å². The molecule has 88 valence electrons. The van der Waals surface area contributed by atoms with Crippen LogP contribution in [-0.2, 0) is 6.54 Å². The monoisotopic (exact) mass is 338 g/mol. The van der Waals surface area contributed by atoms with Crippen molar-refractivity contribution in [2.45, 2.75) is 25.8 Å². The van der Waals surface area contributed by atoms with Crippen molar-refractivity contribution in [1.29, 1.82) is 0 Å². The third-order valence-electron chi connectivity index (χ3n) is 3.46. The van der Waals surface area contributed by atoms with Crippen LogP contribution >= 0.6 is 22.6 Å². The third kappa shape index (κ3) is 2.54. The van der Waals surface area contributed by atoms with Crippen molar-refractivity contribution in [3.05, 3.63) is 40.2 Å². The molecule has 1 saturated carbocycles. The van der Waals surface area contributed by atoms with Gasteiger partial charge in [-0.1, -0.05) is 18.6 Å². The number of halogens is 1. The molecular formula is C14H15IN2. The van der Waals surface area contributed by atoms with Crippen molar-refractivity contribution in [2.75, 3.05) is 0 Å². The Balaban J connectivity index is 1.79. The summed E-state index contributed by atoms with van der Waals surface area (Å²) < 4.78 is 3.37. The molecule has 0 N–H and O–H groups in total. The molecule has 0 saturated heterocycles. The van der Waals surface area contributed by atoms with E-state index < -0.39 is 0 Å². The standard InChI is InChI=1S/C14H15IN2/c15-14-6-2-5-12(7-14)13-8-16-17(10-13)9-11-3-1-4-11/h2,5-8,10-11H,1,3-4,9H2. The predicted octanol–water partition coefficient (Wildman–Crippen LogP) is 3.95. The molecule has 17 heavy (non-hydrogen) atoms. The molecule has 2 aromatic rings. The Labute approximate surface area is 115 Å². The molecule has 3 rings (SSSR count). The minimum absolute atomic E-state index is 0.860. The highest BCUT2D eigenvalue weighted by Crippen LogP contribution is 2.28. The molecule has 2 nitrogen and oxygen atoms in total. The van der Waals surface area contributed by atoms with Crippen LogP contribution in [0.4, 0.5) is 0 Å². The number of nitrogens with zero attached hydrogens (tertiary/aromatic N) is 2. The normalized spacial score (nSPS) is 15.8. The van der Waals surface area contributed by atoms with Crippen LogP contribution in [0, 0.1) is 9.49 Å². The number of hydrogen-bond donors (Lipinski definition) is 0. The Morgan fingerprint density at radius 2 is 2.18 bits per heavy atom. The maximum atomic E-state index is 4.46. The molecule has 1 aliphatic carbocycles. The van der Waals surface area contributed by atoms with Crippen LogP contribution < -0.4 is 0 Å². The lowest BCUT2D eigenvalue weighted by Crippen LogP contribution is -2.18. The Bertz CT molecular complexity index is 514. The van der Waals surface area contributed by atoms with Crippen LogP contribution in [0.2, 0.25) is 0 Å². The van der Waals surface area contributed by atoms with Gasteiger partial charge in [-0.15, -0.1) is 0 Å². The van der Waals surface area contributed by atoms with Gasteiger partial charge >= 0.3 is 0 Å². The number of hydrogen-bond acceptors (Lipinski definition) is 1. The number of aromatic nitrogens is 2. The van der Waals surface area contributed by atoms with Crippen LogP contribution in [0.1, 0.15) is 19.3 Å². The van der Waals surface area contributed by atoms with Crippen molar-refractivity contribution in [2.24, 2.45) is 5.92 Å². The molecule has 0 amide bonds. The van der Waals surface area contributed by atoms with Crippen molar-refractivity contribution in [3.8, 4) is 11.1 Å². The van der Waals surface area contributed by atoms with Gasteiger partial charge in [0.1, 0.15) is 0 Å². The fourth-order valence-electron chi connectivity index (χ4n) is 2.22. The smallest absolute Gasteiger partial charge is 0.0568 e. The van der Waals surface area contributed by atoms with Gasteiger partial charge in [-0.25, -0.2) is 0 Å². The largest absolute Gasteiger partial charge is 0.272 e. The average molecular weight is 338 g/mol. The van der Waals surface area contributed by atoms with Gasteiger partial charge in [-0.05, 0) is 59.0 Å². The molecule has 1 aromatic carbocycles. The van der Waals surface area contributed by atoms with Crippen LogP contribution in [0.5, 0.6) is 0 Å². The quantitative estimate of drug-likeness (QED) is 0.775. The molecule has 0 bridgehead atoms. The van der Waals surface area contributed by atoms with Crippen molar-refractivity contribution in [3.63, 3.8) is 0 Å². The summed E-state index contributed by atoms with van der Waals surface area (Å²) in [6, 6.07) is 8.56. The molecule has 0 atom stereocenters. The van der Waals surface area contributed by atoms with Crippen LogP contribution in [0.25, 0.3) is 11.1 Å². The van der Waals surface area contributed by atoms with Gasteiger partial charge < -0.3 is 0 Å². The molecule has 1 heterocycles. The van der Waals surface area contributed by atoms with E-state index in [-0.39, 0.29) is 0 Å². The van der Waals surface area contributed by atoms with E-state index in [1.165, 1.54) is 34.0 Å². The van der Waals surface area contributed by atoms with E-state index in [9.17, 15) is 0 Å². The minimum atomic E-state index is 0.860. The second-order valence-electron chi connectivity index (χ2n) is 4.76. The van der Waals surface area contributed by atoms with Gasteiger partial charge in [-0.2, -0.15) is 5.10 Å². The molecule has 0 radical (unpaired) electrons. The van der Waals surface area contributed by atoms with Crippen molar-refractivity contribution in [1.82, 2.24) is 9.78 Å². The van der Waals surface area contributed by atoms with Gasteiger partial charge in [0.05, 0.1) is 6.20 Å². The lowest BCUT2D eigenvalue weighted by molar-refractivity contribution is 0.266. The first-order chi connectivity index (χ1) is 8.31. The Kier molecular flexibility index (Phi) is 3.18. The number of rotatable bonds is 3. The minimum Gasteiger partial charge on any atom is -0.272 e. The summed E-state index contributed by atoms with van der Waals surface area (Å²) in [6.07, 6.45) is 8.29. The topological polar surface area (TPSA) is 17.8 Å². The van der Waals surface area contributed by atoms with Crippen LogP contribution in [0.15, 0.2) is 36.7 Å². The zero-order valence-electron chi connectivity index (χ0n) is 9.64. The maximum Gasteiger partial charge on any atom is 0.0568 e. The summed E-state index contributed by atoms with van der Waals surface area (Å²) >= 11 is 2.35. The highest BCUT2D eigenvalue weighted by Gasteiger charge is 2.18. The van der Waals surface area contributed by atoms with E-state index in [2.05, 4.69) is 62.8 Å². The molecule has 1 aliphatic rings. The van der Waals surface area contributed by atoms with Crippen molar-refractivity contribution >= 4 is 22.6 Å². The number of benzene rings is 1. The first-order valence-corrected chi connectivity index (χ1v) is 7.17. The Morgan fingerprint density at radius 1 is 1.29 bits per heavy atom. The Morgan fingerprint density at radius 3 is 2.88 bits per heavy atom. The first kappa shape index (κ1) is 11.3. The zero-order chi connectivity index (χ0) is 11.7. The van der Waals surface area contributed by atoms with E-state index in [1.807, 2.05) is 6.20 Å². The van der Waals surface area contributed by atoms with Crippen LogP contribution in [-0.4, -0.2) is 9.78 Å². The van der Waals surface area contributed by atoms with Gasteiger partial charge in [0, 0.05) is 21.9 Å². The molecule has 0 unspecified atom stereocenters. The predicted molar refractivity (Wildman–Crippen MR) is 77.7 cm³/mol. The lowest BCUT2D eigenvalue weighted by atomic mass is 9.85. The Hall–Kier alpha value is -0.840. The van der Waals surface area contributed by atoms with E-state index in [0.29, 0.717) is 0 Å². The molecule has 0 aliphatic heterocycles. The highest BCUT2D eigenvalue weighted by molar-refractivity contribution is 14.1. The van der Waals surface area contributed by atoms with E-state index >= 15 is 0 Å². The van der Waals surface area contributed by atoms with Gasteiger partial charge in [-0.3, -0.25) is 4.68 Å². The maximum absolute atomic E-state index is 4.46.